The summed E-state index contributed by atoms with van der Waals surface area (Å²) in [5.41, 5.74) is 5.73. The Balaban J connectivity index is 3.65. The summed E-state index contributed by atoms with van der Waals surface area (Å²) in [6.45, 7) is 6.41. The van der Waals surface area contributed by atoms with Gasteiger partial charge in [0.15, 0.2) is 0 Å². The lowest BCUT2D eigenvalue weighted by Crippen LogP contribution is -2.42. The Morgan fingerprint density at radius 1 is 1.21 bits per heavy atom. The third-order valence-corrected chi connectivity index (χ3v) is 2.86. The van der Waals surface area contributed by atoms with E-state index in [9.17, 15) is 0 Å². The molecule has 0 bridgehead atoms. The SMILES string of the molecule is CCC(CC)C(CN)NCCCCO. The second-order valence-corrected chi connectivity index (χ2v) is 3.80. The molecule has 14 heavy (non-hydrogen) atoms. The first-order valence-corrected chi connectivity index (χ1v) is 5.84. The molecule has 3 nitrogen and oxygen atoms in total. The molecule has 0 aliphatic rings. The summed E-state index contributed by atoms with van der Waals surface area (Å²) in [4.78, 5) is 0. The van der Waals surface area contributed by atoms with E-state index < -0.39 is 0 Å². The Labute approximate surface area is 88.1 Å². The van der Waals surface area contributed by atoms with Crippen molar-refractivity contribution in [3.8, 4) is 0 Å². The van der Waals surface area contributed by atoms with Crippen molar-refractivity contribution in [2.45, 2.75) is 45.6 Å². The average molecular weight is 202 g/mol. The highest BCUT2D eigenvalue weighted by Crippen LogP contribution is 2.12. The van der Waals surface area contributed by atoms with Crippen molar-refractivity contribution in [2.75, 3.05) is 19.7 Å². The van der Waals surface area contributed by atoms with Gasteiger partial charge in [0.05, 0.1) is 0 Å². The highest BCUT2D eigenvalue weighted by Gasteiger charge is 2.15. The van der Waals surface area contributed by atoms with Gasteiger partial charge in [-0.2, -0.15) is 0 Å². The Morgan fingerprint density at radius 3 is 2.29 bits per heavy atom. The third kappa shape index (κ3) is 5.58. The van der Waals surface area contributed by atoms with Crippen molar-refractivity contribution >= 4 is 0 Å². The molecule has 0 amide bonds. The van der Waals surface area contributed by atoms with Gasteiger partial charge in [-0.05, 0) is 25.3 Å². The number of aliphatic hydroxyl groups is 1. The van der Waals surface area contributed by atoms with E-state index in [1.807, 2.05) is 0 Å². The molecule has 0 radical (unpaired) electrons. The van der Waals surface area contributed by atoms with E-state index in [2.05, 4.69) is 19.2 Å². The first-order valence-electron chi connectivity index (χ1n) is 5.84. The molecule has 0 rings (SSSR count). The van der Waals surface area contributed by atoms with Crippen LogP contribution in [0.2, 0.25) is 0 Å². The number of rotatable bonds is 9. The molecule has 0 heterocycles. The second-order valence-electron chi connectivity index (χ2n) is 3.80. The van der Waals surface area contributed by atoms with Crippen molar-refractivity contribution in [2.24, 2.45) is 11.7 Å². The molecule has 0 fully saturated rings. The van der Waals surface area contributed by atoms with Gasteiger partial charge in [0.1, 0.15) is 0 Å². The van der Waals surface area contributed by atoms with Crippen LogP contribution < -0.4 is 11.1 Å². The molecule has 0 aromatic heterocycles. The molecule has 0 aliphatic carbocycles. The van der Waals surface area contributed by atoms with Gasteiger partial charge >= 0.3 is 0 Å². The molecule has 0 aromatic rings. The molecule has 4 N–H and O–H groups in total. The lowest BCUT2D eigenvalue weighted by molar-refractivity contribution is 0.278. The largest absolute Gasteiger partial charge is 0.396 e. The van der Waals surface area contributed by atoms with Gasteiger partial charge in [-0.3, -0.25) is 0 Å². The minimum Gasteiger partial charge on any atom is -0.396 e. The summed E-state index contributed by atoms with van der Waals surface area (Å²) in [6, 6.07) is 0.448. The van der Waals surface area contributed by atoms with Crippen molar-refractivity contribution in [1.82, 2.24) is 5.32 Å². The zero-order valence-electron chi connectivity index (χ0n) is 9.63. The van der Waals surface area contributed by atoms with Crippen LogP contribution in [0.1, 0.15) is 39.5 Å². The quantitative estimate of drug-likeness (QED) is 0.491. The van der Waals surface area contributed by atoms with Gasteiger partial charge in [0.25, 0.3) is 0 Å². The summed E-state index contributed by atoms with van der Waals surface area (Å²) in [6.07, 6.45) is 4.29. The van der Waals surface area contributed by atoms with Crippen LogP contribution in [0, 0.1) is 5.92 Å². The molecule has 1 unspecified atom stereocenters. The smallest absolute Gasteiger partial charge is 0.0431 e. The molecule has 0 saturated heterocycles. The van der Waals surface area contributed by atoms with Crippen LogP contribution >= 0.6 is 0 Å². The standard InChI is InChI=1S/C11H26N2O/c1-3-10(4-2)11(9-12)13-7-5-6-8-14/h10-11,13-14H,3-9,12H2,1-2H3. The number of aliphatic hydroxyl groups excluding tert-OH is 1. The van der Waals surface area contributed by atoms with Crippen LogP contribution in [0.25, 0.3) is 0 Å². The summed E-state index contributed by atoms with van der Waals surface area (Å²) < 4.78 is 0. The van der Waals surface area contributed by atoms with E-state index in [0.717, 1.165) is 19.4 Å². The number of hydrogen-bond acceptors (Lipinski definition) is 3. The zero-order valence-corrected chi connectivity index (χ0v) is 9.63. The predicted molar refractivity (Wildman–Crippen MR) is 61.2 cm³/mol. The van der Waals surface area contributed by atoms with Crippen molar-refractivity contribution in [3.63, 3.8) is 0 Å². The fraction of sp³-hybridized carbons (Fsp3) is 1.00. The molecule has 1 atom stereocenters. The molecule has 86 valence electrons. The summed E-state index contributed by atoms with van der Waals surface area (Å²) >= 11 is 0. The maximum absolute atomic E-state index is 8.64. The van der Waals surface area contributed by atoms with E-state index in [-0.39, 0.29) is 0 Å². The highest BCUT2D eigenvalue weighted by atomic mass is 16.2. The molecule has 0 spiro atoms. The van der Waals surface area contributed by atoms with Gasteiger partial charge in [-0.25, -0.2) is 0 Å². The van der Waals surface area contributed by atoms with E-state index >= 15 is 0 Å². The number of unbranched alkanes of at least 4 members (excludes halogenated alkanes) is 1. The average Bonchev–Trinajstić information content (AvgIpc) is 2.23. The van der Waals surface area contributed by atoms with Crippen LogP contribution in [0.15, 0.2) is 0 Å². The van der Waals surface area contributed by atoms with Gasteiger partial charge in [0, 0.05) is 19.2 Å². The molecule has 0 saturated carbocycles. The van der Waals surface area contributed by atoms with Gasteiger partial charge in [-0.15, -0.1) is 0 Å². The third-order valence-electron chi connectivity index (χ3n) is 2.86. The summed E-state index contributed by atoms with van der Waals surface area (Å²) in [5, 5.41) is 12.1. The molecular formula is C11H26N2O. The first-order chi connectivity index (χ1) is 6.79. The molecule has 0 aromatic carbocycles. The Hall–Kier alpha value is -0.120. The normalized spacial score (nSPS) is 13.5. The van der Waals surface area contributed by atoms with Gasteiger partial charge in [-0.1, -0.05) is 26.7 Å². The number of nitrogens with one attached hydrogen (secondary N) is 1. The fourth-order valence-electron chi connectivity index (χ4n) is 1.82. The van der Waals surface area contributed by atoms with Crippen LogP contribution in [-0.2, 0) is 0 Å². The fourth-order valence-corrected chi connectivity index (χ4v) is 1.82. The second kappa shape index (κ2) is 9.44. The van der Waals surface area contributed by atoms with E-state index in [1.165, 1.54) is 12.8 Å². The van der Waals surface area contributed by atoms with E-state index in [0.29, 0.717) is 25.1 Å². The van der Waals surface area contributed by atoms with Crippen LogP contribution in [-0.4, -0.2) is 30.8 Å². The van der Waals surface area contributed by atoms with Crippen LogP contribution in [0.4, 0.5) is 0 Å². The lowest BCUT2D eigenvalue weighted by atomic mass is 9.94. The minimum atomic E-state index is 0.292. The molecular weight excluding hydrogens is 176 g/mol. The zero-order chi connectivity index (χ0) is 10.8. The Bertz CT molecular complexity index is 116. The maximum atomic E-state index is 8.64. The predicted octanol–water partition coefficient (Wildman–Crippen LogP) is 1.11. The topological polar surface area (TPSA) is 58.3 Å². The summed E-state index contributed by atoms with van der Waals surface area (Å²) in [7, 11) is 0. The van der Waals surface area contributed by atoms with E-state index in [4.69, 9.17) is 10.8 Å². The van der Waals surface area contributed by atoms with Crippen LogP contribution in [0.3, 0.4) is 0 Å². The summed E-state index contributed by atoms with van der Waals surface area (Å²) in [5.74, 6) is 0.689. The Kier molecular flexibility index (Phi) is 9.35. The highest BCUT2D eigenvalue weighted by molar-refractivity contribution is 4.75. The van der Waals surface area contributed by atoms with E-state index in [1.54, 1.807) is 0 Å². The van der Waals surface area contributed by atoms with Gasteiger partial charge < -0.3 is 16.2 Å². The van der Waals surface area contributed by atoms with Gasteiger partial charge in [0.2, 0.25) is 0 Å². The first kappa shape index (κ1) is 13.9. The molecule has 0 aliphatic heterocycles. The number of hydrogen-bond donors (Lipinski definition) is 3. The minimum absolute atomic E-state index is 0.292. The number of nitrogens with two attached hydrogens (primary N) is 1. The maximum Gasteiger partial charge on any atom is 0.0431 e. The van der Waals surface area contributed by atoms with Crippen molar-refractivity contribution in [1.29, 1.82) is 0 Å². The molecule has 3 heteroatoms. The monoisotopic (exact) mass is 202 g/mol. The van der Waals surface area contributed by atoms with Crippen molar-refractivity contribution in [3.05, 3.63) is 0 Å². The lowest BCUT2D eigenvalue weighted by Gasteiger charge is -2.25. The van der Waals surface area contributed by atoms with Crippen molar-refractivity contribution < 1.29 is 5.11 Å². The Morgan fingerprint density at radius 2 is 1.86 bits per heavy atom. The van der Waals surface area contributed by atoms with Crippen LogP contribution in [0.5, 0.6) is 0 Å².